The summed E-state index contributed by atoms with van der Waals surface area (Å²) >= 11 is 5.63. The van der Waals surface area contributed by atoms with Crippen molar-refractivity contribution < 1.29 is 27.8 Å². The third-order valence-electron chi connectivity index (χ3n) is 2.60. The molecule has 1 heterocycles. The van der Waals surface area contributed by atoms with Gasteiger partial charge in [0, 0.05) is 10.6 Å². The van der Waals surface area contributed by atoms with Crippen molar-refractivity contribution in [3.05, 3.63) is 28.8 Å². The molecule has 18 heavy (non-hydrogen) atoms. The SMILES string of the molecule is O=C1Nc2ccc(Cl)cc2C(CO)(C(F)(F)F)O1. The Hall–Kier alpha value is -1.47. The molecule has 1 aliphatic rings. The van der Waals surface area contributed by atoms with Crippen LogP contribution in [0, 0.1) is 0 Å². The monoisotopic (exact) mass is 281 g/mol. The Bertz CT molecular complexity index is 506. The summed E-state index contributed by atoms with van der Waals surface area (Å²) in [5.74, 6) is 0. The zero-order valence-electron chi connectivity index (χ0n) is 8.71. The van der Waals surface area contributed by atoms with Crippen LogP contribution in [0.3, 0.4) is 0 Å². The summed E-state index contributed by atoms with van der Waals surface area (Å²) in [4.78, 5) is 11.2. The van der Waals surface area contributed by atoms with E-state index in [-0.39, 0.29) is 10.7 Å². The molecule has 2 N–H and O–H groups in total. The number of alkyl halides is 3. The molecule has 98 valence electrons. The van der Waals surface area contributed by atoms with E-state index in [2.05, 4.69) is 10.1 Å². The van der Waals surface area contributed by atoms with Crippen LogP contribution in [0.5, 0.6) is 0 Å². The van der Waals surface area contributed by atoms with Crippen molar-refractivity contribution in [3.63, 3.8) is 0 Å². The van der Waals surface area contributed by atoms with Gasteiger partial charge in [-0.15, -0.1) is 0 Å². The molecule has 0 bridgehead atoms. The maximum absolute atomic E-state index is 13.1. The number of ether oxygens (including phenoxy) is 1. The number of anilines is 1. The van der Waals surface area contributed by atoms with Crippen molar-refractivity contribution in [1.82, 2.24) is 0 Å². The Kier molecular flexibility index (Phi) is 2.90. The van der Waals surface area contributed by atoms with E-state index in [0.717, 1.165) is 6.07 Å². The van der Waals surface area contributed by atoms with Gasteiger partial charge in [0.2, 0.25) is 0 Å². The van der Waals surface area contributed by atoms with Crippen molar-refractivity contribution in [2.24, 2.45) is 0 Å². The molecule has 1 aromatic carbocycles. The molecule has 1 aliphatic heterocycles. The Balaban J connectivity index is 2.69. The fourth-order valence-electron chi connectivity index (χ4n) is 1.73. The van der Waals surface area contributed by atoms with Gasteiger partial charge in [-0.2, -0.15) is 13.2 Å². The Morgan fingerprint density at radius 1 is 1.44 bits per heavy atom. The molecule has 0 saturated carbocycles. The number of aliphatic hydroxyl groups excluding tert-OH is 1. The summed E-state index contributed by atoms with van der Waals surface area (Å²) in [5.41, 5.74) is -3.61. The highest BCUT2D eigenvalue weighted by Gasteiger charge is 2.62. The van der Waals surface area contributed by atoms with Crippen LogP contribution in [0.4, 0.5) is 23.7 Å². The van der Waals surface area contributed by atoms with Gasteiger partial charge < -0.3 is 9.84 Å². The number of aliphatic hydroxyl groups is 1. The number of halogens is 4. The van der Waals surface area contributed by atoms with Gasteiger partial charge in [-0.3, -0.25) is 5.32 Å². The van der Waals surface area contributed by atoms with Crippen LogP contribution in [-0.4, -0.2) is 24.0 Å². The molecule has 0 radical (unpaired) electrons. The molecule has 0 spiro atoms. The van der Waals surface area contributed by atoms with E-state index in [4.69, 9.17) is 16.7 Å². The molecule has 8 heteroatoms. The second kappa shape index (κ2) is 4.03. The van der Waals surface area contributed by atoms with Gasteiger partial charge in [0.25, 0.3) is 5.60 Å². The average Bonchev–Trinajstić information content (AvgIpc) is 2.27. The van der Waals surface area contributed by atoms with Crippen LogP contribution in [0.25, 0.3) is 0 Å². The van der Waals surface area contributed by atoms with Gasteiger partial charge in [0.1, 0.15) is 0 Å². The van der Waals surface area contributed by atoms with Crippen molar-refractivity contribution in [2.45, 2.75) is 11.8 Å². The summed E-state index contributed by atoms with van der Waals surface area (Å²) < 4.78 is 43.5. The molecule has 2 rings (SSSR count). The number of hydrogen-bond donors (Lipinski definition) is 2. The van der Waals surface area contributed by atoms with E-state index in [9.17, 15) is 18.0 Å². The van der Waals surface area contributed by atoms with Gasteiger partial charge in [0.05, 0.1) is 12.3 Å². The number of cyclic esters (lactones) is 1. The Morgan fingerprint density at radius 3 is 2.67 bits per heavy atom. The second-order valence-electron chi connectivity index (χ2n) is 3.69. The first kappa shape index (κ1) is 13.0. The molecule has 4 nitrogen and oxygen atoms in total. The minimum atomic E-state index is -4.96. The van der Waals surface area contributed by atoms with Crippen LogP contribution >= 0.6 is 11.6 Å². The minimum absolute atomic E-state index is 0.0376. The van der Waals surface area contributed by atoms with E-state index in [1.807, 2.05) is 0 Å². The maximum atomic E-state index is 13.1. The van der Waals surface area contributed by atoms with Gasteiger partial charge in [0.15, 0.2) is 0 Å². The van der Waals surface area contributed by atoms with E-state index in [1.165, 1.54) is 12.1 Å². The van der Waals surface area contributed by atoms with Crippen LogP contribution in [0.2, 0.25) is 5.02 Å². The van der Waals surface area contributed by atoms with Gasteiger partial charge >= 0.3 is 12.3 Å². The highest BCUT2D eigenvalue weighted by molar-refractivity contribution is 6.30. The fourth-order valence-corrected chi connectivity index (χ4v) is 1.90. The molecule has 1 amide bonds. The lowest BCUT2D eigenvalue weighted by Gasteiger charge is -2.38. The van der Waals surface area contributed by atoms with E-state index < -0.39 is 30.0 Å². The summed E-state index contributed by atoms with van der Waals surface area (Å²) in [6.45, 7) is -1.42. The van der Waals surface area contributed by atoms with Crippen molar-refractivity contribution in [3.8, 4) is 0 Å². The first-order valence-corrected chi connectivity index (χ1v) is 5.15. The van der Waals surface area contributed by atoms with Crippen molar-refractivity contribution >= 4 is 23.4 Å². The molecule has 0 aromatic heterocycles. The number of rotatable bonds is 1. The second-order valence-corrected chi connectivity index (χ2v) is 4.12. The topological polar surface area (TPSA) is 58.6 Å². The van der Waals surface area contributed by atoms with Crippen LogP contribution < -0.4 is 5.32 Å². The zero-order valence-corrected chi connectivity index (χ0v) is 9.47. The maximum Gasteiger partial charge on any atom is 0.435 e. The van der Waals surface area contributed by atoms with Gasteiger partial charge in [-0.05, 0) is 18.2 Å². The quantitative estimate of drug-likeness (QED) is 0.832. The molecule has 0 aliphatic carbocycles. The normalized spacial score (nSPS) is 23.1. The molecule has 1 aromatic rings. The number of carbonyl (C=O) groups is 1. The van der Waals surface area contributed by atoms with Crippen LogP contribution in [0.1, 0.15) is 5.56 Å². The fraction of sp³-hybridized carbons (Fsp3) is 0.300. The first-order valence-electron chi connectivity index (χ1n) is 4.78. The highest BCUT2D eigenvalue weighted by Crippen LogP contribution is 2.47. The smallest absolute Gasteiger partial charge is 0.425 e. The minimum Gasteiger partial charge on any atom is -0.425 e. The van der Waals surface area contributed by atoms with Crippen molar-refractivity contribution in [1.29, 1.82) is 0 Å². The van der Waals surface area contributed by atoms with Crippen LogP contribution in [-0.2, 0) is 10.3 Å². The number of fused-ring (bicyclic) bond motifs is 1. The predicted molar refractivity (Wildman–Crippen MR) is 56.4 cm³/mol. The van der Waals surface area contributed by atoms with Crippen LogP contribution in [0.15, 0.2) is 18.2 Å². The first-order chi connectivity index (χ1) is 8.30. The predicted octanol–water partition coefficient (Wildman–Crippen LogP) is 2.65. The highest BCUT2D eigenvalue weighted by atomic mass is 35.5. The molecular formula is C10H7ClF3NO3. The number of hydrogen-bond acceptors (Lipinski definition) is 3. The summed E-state index contributed by atoms with van der Waals surface area (Å²) in [5, 5.41) is 11.2. The number of carbonyl (C=O) groups excluding carboxylic acids is 1. The largest absolute Gasteiger partial charge is 0.435 e. The summed E-state index contributed by atoms with van der Waals surface area (Å²) in [6, 6.07) is 3.54. The van der Waals surface area contributed by atoms with E-state index >= 15 is 0 Å². The molecular weight excluding hydrogens is 275 g/mol. The Labute approximate surface area is 104 Å². The standard InChI is InChI=1S/C10H7ClF3NO3/c11-5-1-2-7-6(3-5)9(4-16,10(12,13)14)18-8(17)15-7/h1-3,16H,4H2,(H,15,17). The molecule has 1 atom stereocenters. The molecule has 0 fully saturated rings. The lowest BCUT2D eigenvalue weighted by molar-refractivity contribution is -0.275. The number of nitrogens with one attached hydrogen (secondary N) is 1. The summed E-state index contributed by atoms with van der Waals surface area (Å²) in [7, 11) is 0. The third kappa shape index (κ3) is 1.79. The summed E-state index contributed by atoms with van der Waals surface area (Å²) in [6.07, 6.45) is -6.24. The molecule has 0 saturated heterocycles. The zero-order chi connectivity index (χ0) is 13.6. The van der Waals surface area contributed by atoms with Gasteiger partial charge in [-0.25, -0.2) is 4.79 Å². The van der Waals surface area contributed by atoms with E-state index in [1.54, 1.807) is 0 Å². The molecule has 1 unspecified atom stereocenters. The Morgan fingerprint density at radius 2 is 2.11 bits per heavy atom. The number of benzene rings is 1. The number of amides is 1. The lowest BCUT2D eigenvalue weighted by atomic mass is 9.91. The lowest BCUT2D eigenvalue weighted by Crippen LogP contribution is -2.52. The van der Waals surface area contributed by atoms with Crippen molar-refractivity contribution in [2.75, 3.05) is 11.9 Å². The van der Waals surface area contributed by atoms with E-state index in [0.29, 0.717) is 0 Å². The third-order valence-corrected chi connectivity index (χ3v) is 2.84. The van der Waals surface area contributed by atoms with Gasteiger partial charge in [-0.1, -0.05) is 11.6 Å². The average molecular weight is 282 g/mol.